The lowest BCUT2D eigenvalue weighted by molar-refractivity contribution is -0.125. The van der Waals surface area contributed by atoms with E-state index in [9.17, 15) is 4.79 Å². The van der Waals surface area contributed by atoms with Gasteiger partial charge in [-0.25, -0.2) is 0 Å². The average molecular weight is 195 g/mol. The molecule has 2 aliphatic rings. The molecule has 2 rings (SSSR count). The van der Waals surface area contributed by atoms with Crippen LogP contribution in [0.2, 0.25) is 0 Å². The fourth-order valence-electron chi connectivity index (χ4n) is 2.49. The number of fused-ring (bicyclic) bond motifs is 2. The van der Waals surface area contributed by atoms with Gasteiger partial charge in [0.1, 0.15) is 0 Å². The SMILES string of the molecule is COCCNC(=O)C1CC2C=CC1C2. The van der Waals surface area contributed by atoms with E-state index >= 15 is 0 Å². The molecule has 2 bridgehead atoms. The number of hydrogen-bond donors (Lipinski definition) is 1. The summed E-state index contributed by atoms with van der Waals surface area (Å²) >= 11 is 0. The third-order valence-corrected chi connectivity index (χ3v) is 3.22. The lowest BCUT2D eigenvalue weighted by atomic mass is 9.93. The Bertz CT molecular complexity index is 250. The van der Waals surface area contributed by atoms with Crippen LogP contribution in [0, 0.1) is 17.8 Å². The number of hydrogen-bond acceptors (Lipinski definition) is 2. The standard InChI is InChI=1S/C11H17NO2/c1-14-5-4-12-11(13)10-7-8-2-3-9(10)6-8/h2-3,8-10H,4-7H2,1H3,(H,12,13). The summed E-state index contributed by atoms with van der Waals surface area (Å²) < 4.78 is 4.89. The Labute approximate surface area is 84.5 Å². The lowest BCUT2D eigenvalue weighted by Crippen LogP contribution is -2.34. The first-order chi connectivity index (χ1) is 6.81. The van der Waals surface area contributed by atoms with Gasteiger partial charge < -0.3 is 10.1 Å². The Morgan fingerprint density at radius 2 is 2.36 bits per heavy atom. The second-order valence-electron chi connectivity index (χ2n) is 4.17. The van der Waals surface area contributed by atoms with E-state index in [0.717, 1.165) is 6.42 Å². The number of carbonyl (C=O) groups excluding carboxylic acids is 1. The van der Waals surface area contributed by atoms with Crippen molar-refractivity contribution < 1.29 is 9.53 Å². The van der Waals surface area contributed by atoms with Crippen LogP contribution in [0.4, 0.5) is 0 Å². The molecular weight excluding hydrogens is 178 g/mol. The van der Waals surface area contributed by atoms with Crippen molar-refractivity contribution in [3.63, 3.8) is 0 Å². The zero-order valence-corrected chi connectivity index (χ0v) is 8.53. The molecule has 1 N–H and O–H groups in total. The number of amides is 1. The zero-order chi connectivity index (χ0) is 9.97. The molecule has 0 aromatic heterocycles. The topological polar surface area (TPSA) is 38.3 Å². The molecule has 3 nitrogen and oxygen atoms in total. The fourth-order valence-corrected chi connectivity index (χ4v) is 2.49. The van der Waals surface area contributed by atoms with Crippen LogP contribution >= 0.6 is 0 Å². The highest BCUT2D eigenvalue weighted by Crippen LogP contribution is 2.43. The third-order valence-electron chi connectivity index (χ3n) is 3.22. The molecule has 14 heavy (non-hydrogen) atoms. The fraction of sp³-hybridized carbons (Fsp3) is 0.727. The first-order valence-electron chi connectivity index (χ1n) is 5.26. The predicted octanol–water partition coefficient (Wildman–Crippen LogP) is 0.961. The van der Waals surface area contributed by atoms with E-state index in [0.29, 0.717) is 25.0 Å². The number of methoxy groups -OCH3 is 1. The van der Waals surface area contributed by atoms with Gasteiger partial charge in [-0.1, -0.05) is 12.2 Å². The van der Waals surface area contributed by atoms with Crippen LogP contribution in [0.1, 0.15) is 12.8 Å². The van der Waals surface area contributed by atoms with Gasteiger partial charge in [0.15, 0.2) is 0 Å². The van der Waals surface area contributed by atoms with Crippen LogP contribution in [-0.2, 0) is 9.53 Å². The maximum absolute atomic E-state index is 11.7. The number of ether oxygens (including phenoxy) is 1. The van der Waals surface area contributed by atoms with E-state index < -0.39 is 0 Å². The zero-order valence-electron chi connectivity index (χ0n) is 8.53. The summed E-state index contributed by atoms with van der Waals surface area (Å²) in [6.07, 6.45) is 6.68. The normalized spacial score (nSPS) is 33.6. The second-order valence-corrected chi connectivity index (χ2v) is 4.17. The Hall–Kier alpha value is -0.830. The molecule has 0 saturated heterocycles. The van der Waals surface area contributed by atoms with Gasteiger partial charge >= 0.3 is 0 Å². The smallest absolute Gasteiger partial charge is 0.223 e. The van der Waals surface area contributed by atoms with Crippen molar-refractivity contribution in [2.45, 2.75) is 12.8 Å². The molecule has 3 atom stereocenters. The molecule has 3 unspecified atom stereocenters. The van der Waals surface area contributed by atoms with Gasteiger partial charge in [0, 0.05) is 19.6 Å². The lowest BCUT2D eigenvalue weighted by Gasteiger charge is -2.17. The minimum atomic E-state index is 0.207. The van der Waals surface area contributed by atoms with Gasteiger partial charge in [-0.05, 0) is 24.7 Å². The number of allylic oxidation sites excluding steroid dienone is 2. The van der Waals surface area contributed by atoms with Crippen molar-refractivity contribution in [1.29, 1.82) is 0 Å². The van der Waals surface area contributed by atoms with E-state index in [2.05, 4.69) is 17.5 Å². The third kappa shape index (κ3) is 1.82. The Morgan fingerprint density at radius 1 is 1.50 bits per heavy atom. The summed E-state index contributed by atoms with van der Waals surface area (Å²) in [6, 6.07) is 0. The Morgan fingerprint density at radius 3 is 2.93 bits per heavy atom. The maximum Gasteiger partial charge on any atom is 0.223 e. The first-order valence-corrected chi connectivity index (χ1v) is 5.26. The summed E-state index contributed by atoms with van der Waals surface area (Å²) in [5.74, 6) is 1.60. The maximum atomic E-state index is 11.7. The molecule has 1 saturated carbocycles. The van der Waals surface area contributed by atoms with Crippen LogP contribution < -0.4 is 5.32 Å². The van der Waals surface area contributed by atoms with Crippen molar-refractivity contribution in [1.82, 2.24) is 5.32 Å². The van der Waals surface area contributed by atoms with Crippen molar-refractivity contribution in [2.75, 3.05) is 20.3 Å². The monoisotopic (exact) mass is 195 g/mol. The molecule has 0 aromatic carbocycles. The van der Waals surface area contributed by atoms with Crippen molar-refractivity contribution in [3.8, 4) is 0 Å². The molecule has 0 spiro atoms. The van der Waals surface area contributed by atoms with E-state index in [1.165, 1.54) is 6.42 Å². The number of carbonyl (C=O) groups is 1. The summed E-state index contributed by atoms with van der Waals surface area (Å²) in [5.41, 5.74) is 0. The molecule has 0 heterocycles. The summed E-state index contributed by atoms with van der Waals surface area (Å²) in [6.45, 7) is 1.23. The van der Waals surface area contributed by atoms with Gasteiger partial charge in [0.2, 0.25) is 5.91 Å². The predicted molar refractivity (Wildman–Crippen MR) is 53.7 cm³/mol. The minimum Gasteiger partial charge on any atom is -0.383 e. The van der Waals surface area contributed by atoms with Gasteiger partial charge in [0.05, 0.1) is 6.61 Å². The highest BCUT2D eigenvalue weighted by atomic mass is 16.5. The van der Waals surface area contributed by atoms with Crippen molar-refractivity contribution in [3.05, 3.63) is 12.2 Å². The van der Waals surface area contributed by atoms with Crippen LogP contribution in [0.3, 0.4) is 0 Å². The van der Waals surface area contributed by atoms with Gasteiger partial charge in [-0.2, -0.15) is 0 Å². The molecule has 1 fully saturated rings. The van der Waals surface area contributed by atoms with Crippen LogP contribution in [0.25, 0.3) is 0 Å². The van der Waals surface area contributed by atoms with E-state index in [1.54, 1.807) is 7.11 Å². The molecule has 0 aliphatic heterocycles. The average Bonchev–Trinajstić information content (AvgIpc) is 2.79. The van der Waals surface area contributed by atoms with Crippen LogP contribution in [0.5, 0.6) is 0 Å². The molecule has 0 radical (unpaired) electrons. The molecule has 1 amide bonds. The molecule has 2 aliphatic carbocycles. The highest BCUT2D eigenvalue weighted by Gasteiger charge is 2.39. The first kappa shape index (κ1) is 9.71. The molecular formula is C11H17NO2. The molecule has 3 heteroatoms. The summed E-state index contributed by atoms with van der Waals surface area (Å²) in [7, 11) is 1.65. The van der Waals surface area contributed by atoms with E-state index in [-0.39, 0.29) is 11.8 Å². The van der Waals surface area contributed by atoms with E-state index in [4.69, 9.17) is 4.74 Å². The summed E-state index contributed by atoms with van der Waals surface area (Å²) in [4.78, 5) is 11.7. The highest BCUT2D eigenvalue weighted by molar-refractivity contribution is 5.79. The Balaban J connectivity index is 1.79. The van der Waals surface area contributed by atoms with Crippen molar-refractivity contribution >= 4 is 5.91 Å². The van der Waals surface area contributed by atoms with Gasteiger partial charge in [-0.3, -0.25) is 4.79 Å². The second kappa shape index (κ2) is 4.13. The molecule has 78 valence electrons. The minimum absolute atomic E-state index is 0.207. The van der Waals surface area contributed by atoms with Crippen molar-refractivity contribution in [2.24, 2.45) is 17.8 Å². The quantitative estimate of drug-likeness (QED) is 0.536. The van der Waals surface area contributed by atoms with Crippen LogP contribution in [-0.4, -0.2) is 26.2 Å². The van der Waals surface area contributed by atoms with Gasteiger partial charge in [-0.15, -0.1) is 0 Å². The largest absolute Gasteiger partial charge is 0.383 e. The molecule has 0 aromatic rings. The van der Waals surface area contributed by atoms with Gasteiger partial charge in [0.25, 0.3) is 0 Å². The number of rotatable bonds is 4. The van der Waals surface area contributed by atoms with E-state index in [1.807, 2.05) is 0 Å². The Kier molecular flexibility index (Phi) is 2.87. The summed E-state index contributed by atoms with van der Waals surface area (Å²) in [5, 5.41) is 2.91. The van der Waals surface area contributed by atoms with Crippen LogP contribution in [0.15, 0.2) is 12.2 Å². The number of nitrogens with one attached hydrogen (secondary N) is 1.